The summed E-state index contributed by atoms with van der Waals surface area (Å²) in [5, 5.41) is 4.75. The van der Waals surface area contributed by atoms with E-state index in [0.717, 1.165) is 57.4 Å². The lowest BCUT2D eigenvalue weighted by Crippen LogP contribution is -2.43. The quantitative estimate of drug-likeness (QED) is 0.822. The molecule has 6 nitrogen and oxygen atoms in total. The largest absolute Gasteiger partial charge is 0.342 e. The highest BCUT2D eigenvalue weighted by Crippen LogP contribution is 2.23. The van der Waals surface area contributed by atoms with Crippen LogP contribution >= 0.6 is 11.6 Å². The molecular weight excluding hydrogens is 352 g/mol. The number of amides is 1. The van der Waals surface area contributed by atoms with Crippen LogP contribution < -0.4 is 0 Å². The SMILES string of the molecule is O=C(C1CCCN(Cc2nc(-c3ccc(Cl)cc3)no2)C1)N1CCCC1. The van der Waals surface area contributed by atoms with Gasteiger partial charge in [-0.1, -0.05) is 16.8 Å². The van der Waals surface area contributed by atoms with Crippen molar-refractivity contribution in [3.05, 3.63) is 35.2 Å². The fourth-order valence-electron chi connectivity index (χ4n) is 3.82. The predicted octanol–water partition coefficient (Wildman–Crippen LogP) is 3.22. The van der Waals surface area contributed by atoms with Gasteiger partial charge in [0.1, 0.15) is 0 Å². The van der Waals surface area contributed by atoms with Crippen LogP contribution in [0.2, 0.25) is 5.02 Å². The van der Waals surface area contributed by atoms with Crippen molar-refractivity contribution >= 4 is 17.5 Å². The number of halogens is 1. The number of hydrogen-bond acceptors (Lipinski definition) is 5. The third-order valence-electron chi connectivity index (χ3n) is 5.20. The van der Waals surface area contributed by atoms with Crippen molar-refractivity contribution in [1.29, 1.82) is 0 Å². The average molecular weight is 375 g/mol. The first-order chi connectivity index (χ1) is 12.7. The van der Waals surface area contributed by atoms with Gasteiger partial charge in [-0.15, -0.1) is 0 Å². The van der Waals surface area contributed by atoms with Gasteiger partial charge in [0, 0.05) is 30.2 Å². The summed E-state index contributed by atoms with van der Waals surface area (Å²) in [6.07, 6.45) is 4.28. The van der Waals surface area contributed by atoms with Crippen LogP contribution in [-0.4, -0.2) is 52.0 Å². The highest BCUT2D eigenvalue weighted by molar-refractivity contribution is 6.30. The summed E-state index contributed by atoms with van der Waals surface area (Å²) < 4.78 is 5.42. The Morgan fingerprint density at radius 2 is 1.92 bits per heavy atom. The summed E-state index contributed by atoms with van der Waals surface area (Å²) in [6.45, 7) is 4.16. The smallest absolute Gasteiger partial charge is 0.241 e. The normalized spacial score (nSPS) is 21.3. The van der Waals surface area contributed by atoms with Crippen LogP contribution in [-0.2, 0) is 11.3 Å². The third kappa shape index (κ3) is 3.91. The van der Waals surface area contributed by atoms with E-state index in [2.05, 4.69) is 15.0 Å². The second kappa shape index (κ2) is 7.76. The summed E-state index contributed by atoms with van der Waals surface area (Å²) in [5.41, 5.74) is 0.880. The van der Waals surface area contributed by atoms with Crippen molar-refractivity contribution in [2.75, 3.05) is 26.2 Å². The molecule has 2 aliphatic rings. The molecule has 2 fully saturated rings. The highest BCUT2D eigenvalue weighted by Gasteiger charge is 2.31. The number of benzene rings is 1. The fourth-order valence-corrected chi connectivity index (χ4v) is 3.95. The molecule has 1 aromatic carbocycles. The molecule has 1 aromatic heterocycles. The van der Waals surface area contributed by atoms with Gasteiger partial charge < -0.3 is 9.42 Å². The first-order valence-electron chi connectivity index (χ1n) is 9.29. The summed E-state index contributed by atoms with van der Waals surface area (Å²) in [5.74, 6) is 1.57. The van der Waals surface area contributed by atoms with Gasteiger partial charge in [0.25, 0.3) is 0 Å². The van der Waals surface area contributed by atoms with Gasteiger partial charge in [0.15, 0.2) is 0 Å². The summed E-state index contributed by atoms with van der Waals surface area (Å²) in [7, 11) is 0. The van der Waals surface area contributed by atoms with Crippen molar-refractivity contribution in [3.63, 3.8) is 0 Å². The van der Waals surface area contributed by atoms with E-state index < -0.39 is 0 Å². The number of nitrogens with zero attached hydrogens (tertiary/aromatic N) is 4. The Bertz CT molecular complexity index is 755. The van der Waals surface area contributed by atoms with Crippen LogP contribution in [0.1, 0.15) is 31.6 Å². The molecule has 0 bridgehead atoms. The van der Waals surface area contributed by atoms with E-state index in [4.69, 9.17) is 16.1 Å². The van der Waals surface area contributed by atoms with Crippen molar-refractivity contribution in [3.8, 4) is 11.4 Å². The molecule has 4 rings (SSSR count). The Morgan fingerprint density at radius 3 is 2.69 bits per heavy atom. The van der Waals surface area contributed by atoms with Crippen molar-refractivity contribution < 1.29 is 9.32 Å². The minimum Gasteiger partial charge on any atom is -0.342 e. The number of likely N-dealkylation sites (tertiary alicyclic amines) is 2. The predicted molar refractivity (Wildman–Crippen MR) is 98.6 cm³/mol. The number of rotatable bonds is 4. The van der Waals surface area contributed by atoms with Crippen LogP contribution in [0.5, 0.6) is 0 Å². The molecule has 2 saturated heterocycles. The van der Waals surface area contributed by atoms with Crippen LogP contribution in [0.25, 0.3) is 11.4 Å². The van der Waals surface area contributed by atoms with Gasteiger partial charge in [0.2, 0.25) is 17.6 Å². The van der Waals surface area contributed by atoms with Gasteiger partial charge in [-0.3, -0.25) is 9.69 Å². The standard InChI is InChI=1S/C19H23ClN4O2/c20-16-7-5-14(6-8-16)18-21-17(26-22-18)13-23-9-3-4-15(12-23)19(25)24-10-1-2-11-24/h5-8,15H,1-4,9-13H2. The van der Waals surface area contributed by atoms with E-state index >= 15 is 0 Å². The van der Waals surface area contributed by atoms with Gasteiger partial charge in [-0.25, -0.2) is 0 Å². The minimum absolute atomic E-state index is 0.0977. The Morgan fingerprint density at radius 1 is 1.15 bits per heavy atom. The first-order valence-corrected chi connectivity index (χ1v) is 9.66. The van der Waals surface area contributed by atoms with Crippen molar-refractivity contribution in [1.82, 2.24) is 19.9 Å². The van der Waals surface area contributed by atoms with Gasteiger partial charge in [-0.05, 0) is 56.5 Å². The maximum Gasteiger partial charge on any atom is 0.241 e. The van der Waals surface area contributed by atoms with E-state index in [1.807, 2.05) is 29.2 Å². The molecule has 2 aliphatic heterocycles. The number of carbonyl (C=O) groups is 1. The topological polar surface area (TPSA) is 62.5 Å². The third-order valence-corrected chi connectivity index (χ3v) is 5.45. The molecule has 138 valence electrons. The Hall–Kier alpha value is -1.92. The van der Waals surface area contributed by atoms with E-state index in [9.17, 15) is 4.79 Å². The maximum absolute atomic E-state index is 12.7. The zero-order valence-electron chi connectivity index (χ0n) is 14.7. The van der Waals surface area contributed by atoms with E-state index in [1.165, 1.54) is 0 Å². The molecular formula is C19H23ClN4O2. The molecule has 1 unspecified atom stereocenters. The average Bonchev–Trinajstić information content (AvgIpc) is 3.34. The lowest BCUT2D eigenvalue weighted by atomic mass is 9.96. The van der Waals surface area contributed by atoms with E-state index in [1.54, 1.807) is 0 Å². The minimum atomic E-state index is 0.0977. The van der Waals surface area contributed by atoms with Crippen LogP contribution in [0.3, 0.4) is 0 Å². The summed E-state index contributed by atoms with van der Waals surface area (Å²) in [6, 6.07) is 7.38. The maximum atomic E-state index is 12.7. The fraction of sp³-hybridized carbons (Fsp3) is 0.526. The molecule has 0 spiro atoms. The van der Waals surface area contributed by atoms with Crippen molar-refractivity contribution in [2.24, 2.45) is 5.92 Å². The van der Waals surface area contributed by atoms with Crippen LogP contribution in [0.4, 0.5) is 0 Å². The molecule has 0 radical (unpaired) electrons. The molecule has 7 heteroatoms. The molecule has 26 heavy (non-hydrogen) atoms. The highest BCUT2D eigenvalue weighted by atomic mass is 35.5. The lowest BCUT2D eigenvalue weighted by molar-refractivity contribution is -0.136. The number of carbonyl (C=O) groups excluding carboxylic acids is 1. The molecule has 0 N–H and O–H groups in total. The van der Waals surface area contributed by atoms with E-state index in [0.29, 0.717) is 29.2 Å². The molecule has 0 aliphatic carbocycles. The number of aromatic nitrogens is 2. The van der Waals surface area contributed by atoms with Gasteiger partial charge >= 0.3 is 0 Å². The first kappa shape index (κ1) is 17.5. The Balaban J connectivity index is 1.38. The van der Waals surface area contributed by atoms with Crippen LogP contribution in [0, 0.1) is 5.92 Å². The molecule has 2 aromatic rings. The number of piperidine rings is 1. The van der Waals surface area contributed by atoms with E-state index in [-0.39, 0.29) is 5.92 Å². The van der Waals surface area contributed by atoms with Crippen molar-refractivity contribution in [2.45, 2.75) is 32.2 Å². The second-order valence-electron chi connectivity index (χ2n) is 7.13. The van der Waals surface area contributed by atoms with Crippen LogP contribution in [0.15, 0.2) is 28.8 Å². The lowest BCUT2D eigenvalue weighted by Gasteiger charge is -2.33. The summed E-state index contributed by atoms with van der Waals surface area (Å²) >= 11 is 5.92. The Labute approximate surface area is 158 Å². The molecule has 1 atom stereocenters. The molecule has 3 heterocycles. The Kier molecular flexibility index (Phi) is 5.22. The zero-order valence-corrected chi connectivity index (χ0v) is 15.5. The molecule has 1 amide bonds. The van der Waals surface area contributed by atoms with Gasteiger partial charge in [0.05, 0.1) is 12.5 Å². The number of hydrogen-bond donors (Lipinski definition) is 0. The second-order valence-corrected chi connectivity index (χ2v) is 7.56. The molecule has 0 saturated carbocycles. The zero-order chi connectivity index (χ0) is 17.9. The van der Waals surface area contributed by atoms with Gasteiger partial charge in [-0.2, -0.15) is 4.98 Å². The monoisotopic (exact) mass is 374 g/mol. The summed E-state index contributed by atoms with van der Waals surface area (Å²) in [4.78, 5) is 21.4.